The molecule has 0 aliphatic carbocycles. The van der Waals surface area contributed by atoms with E-state index in [1.165, 1.54) is 18.3 Å². The van der Waals surface area contributed by atoms with E-state index in [0.717, 1.165) is 0 Å². The molecule has 0 fully saturated rings. The Morgan fingerprint density at radius 1 is 1.45 bits per heavy atom. The maximum Gasteiger partial charge on any atom is 0.284 e. The van der Waals surface area contributed by atoms with Crippen LogP contribution in [0.25, 0.3) is 0 Å². The summed E-state index contributed by atoms with van der Waals surface area (Å²) in [5.41, 5.74) is -0.567. The van der Waals surface area contributed by atoms with Gasteiger partial charge in [-0.2, -0.15) is 0 Å². The Balaban J connectivity index is 0.000001000. The van der Waals surface area contributed by atoms with Crippen LogP contribution in [-0.2, 0) is 0 Å². The lowest BCUT2D eigenvalue weighted by Crippen LogP contribution is -1.88. The lowest BCUT2D eigenvalue weighted by molar-refractivity contribution is 0.142. The van der Waals surface area contributed by atoms with E-state index < -0.39 is 17.9 Å². The number of alkyl halides is 2. The number of rotatable bonds is 1. The fourth-order valence-corrected chi connectivity index (χ4v) is 0.577. The fourth-order valence-electron chi connectivity index (χ4n) is 0.577. The van der Waals surface area contributed by atoms with E-state index >= 15 is 0 Å². The van der Waals surface area contributed by atoms with Crippen LogP contribution in [0.2, 0.25) is 0 Å². The van der Waals surface area contributed by atoms with Gasteiger partial charge in [0, 0.05) is 6.20 Å². The van der Waals surface area contributed by atoms with Crippen LogP contribution in [0, 0.1) is 0 Å². The van der Waals surface area contributed by atoms with Gasteiger partial charge in [0.25, 0.3) is 6.43 Å². The summed E-state index contributed by atoms with van der Waals surface area (Å²) >= 11 is 0. The molecule has 0 saturated heterocycles. The summed E-state index contributed by atoms with van der Waals surface area (Å²) in [7, 11) is 0. The van der Waals surface area contributed by atoms with Crippen LogP contribution < -0.4 is 0 Å². The molecule has 0 bridgehead atoms. The maximum atomic E-state index is 11.8. The predicted molar refractivity (Wildman–Crippen MR) is 38.1 cm³/mol. The van der Waals surface area contributed by atoms with Gasteiger partial charge in [0.15, 0.2) is 0 Å². The standard InChI is InChI=1S/C6H5F2NO.ClH/c7-6(8)5-4(10)2-1-3-9-5;/h1-3,6,10H;1H. The first kappa shape index (κ1) is 10.1. The van der Waals surface area contributed by atoms with Crippen molar-refractivity contribution in [1.29, 1.82) is 0 Å². The Hall–Kier alpha value is -0.900. The van der Waals surface area contributed by atoms with E-state index in [2.05, 4.69) is 4.98 Å². The van der Waals surface area contributed by atoms with Crippen molar-refractivity contribution in [3.63, 3.8) is 0 Å². The van der Waals surface area contributed by atoms with Crippen molar-refractivity contribution in [3.8, 4) is 5.75 Å². The van der Waals surface area contributed by atoms with E-state index in [1.54, 1.807) is 0 Å². The second-order valence-electron chi connectivity index (χ2n) is 1.71. The van der Waals surface area contributed by atoms with Gasteiger partial charge in [0.1, 0.15) is 11.4 Å². The zero-order chi connectivity index (χ0) is 7.56. The molecule has 5 heteroatoms. The lowest BCUT2D eigenvalue weighted by Gasteiger charge is -1.98. The second-order valence-corrected chi connectivity index (χ2v) is 1.71. The van der Waals surface area contributed by atoms with Crippen molar-refractivity contribution in [2.45, 2.75) is 6.43 Å². The van der Waals surface area contributed by atoms with Gasteiger partial charge < -0.3 is 5.11 Å². The Morgan fingerprint density at radius 2 is 2.09 bits per heavy atom. The highest BCUT2D eigenvalue weighted by Gasteiger charge is 2.12. The smallest absolute Gasteiger partial charge is 0.284 e. The minimum Gasteiger partial charge on any atom is -0.506 e. The summed E-state index contributed by atoms with van der Waals surface area (Å²) in [4.78, 5) is 3.28. The normalized spacial score (nSPS) is 9.36. The van der Waals surface area contributed by atoms with Crippen LogP contribution >= 0.6 is 12.4 Å². The van der Waals surface area contributed by atoms with Gasteiger partial charge in [-0.25, -0.2) is 8.78 Å². The number of halogens is 3. The van der Waals surface area contributed by atoms with Gasteiger partial charge in [0.2, 0.25) is 0 Å². The average molecular weight is 182 g/mol. The molecule has 1 N–H and O–H groups in total. The Kier molecular flexibility index (Phi) is 3.74. The third-order valence-corrected chi connectivity index (χ3v) is 1.02. The quantitative estimate of drug-likeness (QED) is 0.720. The molecule has 0 unspecified atom stereocenters. The van der Waals surface area contributed by atoms with Crippen molar-refractivity contribution in [3.05, 3.63) is 24.0 Å². The van der Waals surface area contributed by atoms with E-state index in [4.69, 9.17) is 5.11 Å². The van der Waals surface area contributed by atoms with Crippen LogP contribution in [-0.4, -0.2) is 10.1 Å². The average Bonchev–Trinajstić information content (AvgIpc) is 1.88. The van der Waals surface area contributed by atoms with Crippen molar-refractivity contribution < 1.29 is 13.9 Å². The topological polar surface area (TPSA) is 33.1 Å². The Labute approximate surface area is 68.3 Å². The van der Waals surface area contributed by atoms with Gasteiger partial charge in [-0.05, 0) is 12.1 Å². The van der Waals surface area contributed by atoms with Crippen LogP contribution in [0.15, 0.2) is 18.3 Å². The highest BCUT2D eigenvalue weighted by molar-refractivity contribution is 5.85. The minimum absolute atomic E-state index is 0. The molecule has 2 nitrogen and oxygen atoms in total. The van der Waals surface area contributed by atoms with E-state index in [9.17, 15) is 8.78 Å². The van der Waals surface area contributed by atoms with Gasteiger partial charge in [0.05, 0.1) is 0 Å². The first-order valence-electron chi connectivity index (χ1n) is 2.64. The number of nitrogens with zero attached hydrogens (tertiary/aromatic N) is 1. The number of aromatic hydroxyl groups is 1. The largest absolute Gasteiger partial charge is 0.506 e. The van der Waals surface area contributed by atoms with Gasteiger partial charge >= 0.3 is 0 Å². The fraction of sp³-hybridized carbons (Fsp3) is 0.167. The molecule has 1 heterocycles. The molecule has 1 rings (SSSR count). The molecule has 0 aromatic carbocycles. The van der Waals surface area contributed by atoms with Crippen LogP contribution in [0.1, 0.15) is 12.1 Å². The van der Waals surface area contributed by atoms with E-state index in [-0.39, 0.29) is 12.4 Å². The van der Waals surface area contributed by atoms with Crippen LogP contribution in [0.4, 0.5) is 8.78 Å². The number of hydrogen-bond donors (Lipinski definition) is 1. The van der Waals surface area contributed by atoms with Gasteiger partial charge in [-0.3, -0.25) is 4.98 Å². The van der Waals surface area contributed by atoms with E-state index in [1.807, 2.05) is 0 Å². The molecule has 0 spiro atoms. The summed E-state index contributed by atoms with van der Waals surface area (Å²) in [5.74, 6) is -0.461. The molecule has 1 aromatic heterocycles. The van der Waals surface area contributed by atoms with Crippen molar-refractivity contribution in [1.82, 2.24) is 4.98 Å². The molecule has 1 aromatic rings. The van der Waals surface area contributed by atoms with Crippen molar-refractivity contribution >= 4 is 12.4 Å². The molecule has 0 aliphatic heterocycles. The highest BCUT2D eigenvalue weighted by atomic mass is 35.5. The van der Waals surface area contributed by atoms with Crippen molar-refractivity contribution in [2.24, 2.45) is 0 Å². The summed E-state index contributed by atoms with van der Waals surface area (Å²) in [5, 5.41) is 8.74. The van der Waals surface area contributed by atoms with Crippen LogP contribution in [0.5, 0.6) is 5.75 Å². The summed E-state index contributed by atoms with van der Waals surface area (Å²) < 4.78 is 23.6. The van der Waals surface area contributed by atoms with E-state index in [0.29, 0.717) is 0 Å². The third kappa shape index (κ3) is 2.31. The van der Waals surface area contributed by atoms with Gasteiger partial charge in [-0.15, -0.1) is 12.4 Å². The number of pyridine rings is 1. The second kappa shape index (κ2) is 4.08. The Bertz CT molecular complexity index is 232. The molecular weight excluding hydrogens is 176 g/mol. The molecule has 0 amide bonds. The molecule has 11 heavy (non-hydrogen) atoms. The molecule has 62 valence electrons. The summed E-state index contributed by atoms with van der Waals surface area (Å²) in [6, 6.07) is 2.57. The lowest BCUT2D eigenvalue weighted by atomic mass is 10.3. The monoisotopic (exact) mass is 181 g/mol. The first-order chi connectivity index (χ1) is 4.72. The highest BCUT2D eigenvalue weighted by Crippen LogP contribution is 2.24. The van der Waals surface area contributed by atoms with Crippen molar-refractivity contribution in [2.75, 3.05) is 0 Å². The Morgan fingerprint density at radius 3 is 2.45 bits per heavy atom. The molecule has 0 aliphatic rings. The molecular formula is C6H6ClF2NO. The number of aromatic nitrogens is 1. The molecule has 0 radical (unpaired) electrons. The third-order valence-electron chi connectivity index (χ3n) is 1.02. The number of hydrogen-bond acceptors (Lipinski definition) is 2. The zero-order valence-corrected chi connectivity index (χ0v) is 6.18. The minimum atomic E-state index is -2.71. The zero-order valence-electron chi connectivity index (χ0n) is 5.37. The molecule has 0 saturated carbocycles. The summed E-state index contributed by atoms with van der Waals surface area (Å²) in [6.45, 7) is 0. The predicted octanol–water partition coefficient (Wildman–Crippen LogP) is 2.15. The SMILES string of the molecule is Cl.Oc1cccnc1C(F)F. The summed E-state index contributed by atoms with van der Waals surface area (Å²) in [6.07, 6.45) is -1.50. The first-order valence-corrected chi connectivity index (χ1v) is 2.64. The molecule has 0 atom stereocenters. The van der Waals surface area contributed by atoms with Gasteiger partial charge in [-0.1, -0.05) is 0 Å². The maximum absolute atomic E-state index is 11.8. The van der Waals surface area contributed by atoms with Crippen LogP contribution in [0.3, 0.4) is 0 Å².